The van der Waals surface area contributed by atoms with Gasteiger partial charge in [-0.2, -0.15) is 0 Å². The van der Waals surface area contributed by atoms with E-state index in [0.717, 1.165) is 15.3 Å². The molecule has 0 aliphatic carbocycles. The van der Waals surface area contributed by atoms with Gasteiger partial charge in [-0.25, -0.2) is 14.2 Å². The molecule has 8 heteroatoms. The number of rotatable bonds is 6. The number of carboxylic acid groups (broad SMARTS) is 1. The minimum absolute atomic E-state index is 0.215. The predicted molar refractivity (Wildman–Crippen MR) is 121 cm³/mol. The van der Waals surface area contributed by atoms with Crippen LogP contribution in [0.25, 0.3) is 10.2 Å². The van der Waals surface area contributed by atoms with E-state index in [0.29, 0.717) is 35.6 Å². The molecule has 0 saturated heterocycles. The van der Waals surface area contributed by atoms with Crippen LogP contribution in [0.1, 0.15) is 32.6 Å². The lowest BCUT2D eigenvalue weighted by molar-refractivity contribution is 0.0504. The molecule has 0 fully saturated rings. The van der Waals surface area contributed by atoms with E-state index in [9.17, 15) is 19.4 Å². The Morgan fingerprint density at radius 1 is 1.18 bits per heavy atom. The Morgan fingerprint density at radius 2 is 2.06 bits per heavy atom. The highest BCUT2D eigenvalue weighted by atomic mass is 32.1. The lowest BCUT2D eigenvalue weighted by atomic mass is 9.88. The van der Waals surface area contributed by atoms with Gasteiger partial charge in [0, 0.05) is 17.5 Å². The highest BCUT2D eigenvalue weighted by molar-refractivity contribution is 7.18. The van der Waals surface area contributed by atoms with Gasteiger partial charge in [0.15, 0.2) is 0 Å². The van der Waals surface area contributed by atoms with Gasteiger partial charge in [-0.05, 0) is 54.4 Å². The number of benzene rings is 3. The summed E-state index contributed by atoms with van der Waals surface area (Å²) in [5, 5.41) is 20.9. The van der Waals surface area contributed by atoms with Crippen LogP contribution in [0.4, 0.5) is 4.39 Å². The standard InChI is InChI=1S/C25H20FNO5S/c26-17-4-7-22-20(10-17)27-23(33-22)13-31-18-5-6-21-19(11-18)24(28)16(12-32-21)9-14-2-1-3-15(8-14)25(29)30/h1-8,10-11,16,24,28H,9,12-13H2,(H,29,30). The van der Waals surface area contributed by atoms with Gasteiger partial charge < -0.3 is 19.7 Å². The van der Waals surface area contributed by atoms with Crippen LogP contribution in [-0.4, -0.2) is 27.8 Å². The van der Waals surface area contributed by atoms with Crippen molar-refractivity contribution in [2.45, 2.75) is 19.1 Å². The van der Waals surface area contributed by atoms with Crippen molar-refractivity contribution in [2.24, 2.45) is 5.92 Å². The van der Waals surface area contributed by atoms with Gasteiger partial charge in [-0.3, -0.25) is 0 Å². The van der Waals surface area contributed by atoms with Crippen molar-refractivity contribution in [1.29, 1.82) is 0 Å². The summed E-state index contributed by atoms with van der Waals surface area (Å²) in [6.45, 7) is 0.552. The fraction of sp³-hybridized carbons (Fsp3) is 0.200. The van der Waals surface area contributed by atoms with E-state index in [1.807, 2.05) is 6.07 Å². The first kappa shape index (κ1) is 21.4. The quantitative estimate of drug-likeness (QED) is 0.417. The molecule has 6 nitrogen and oxygen atoms in total. The van der Waals surface area contributed by atoms with Crippen LogP contribution < -0.4 is 9.47 Å². The van der Waals surface area contributed by atoms with Crippen LogP contribution in [0, 0.1) is 11.7 Å². The fourth-order valence-corrected chi connectivity index (χ4v) is 4.84. The summed E-state index contributed by atoms with van der Waals surface area (Å²) < 4.78 is 26.0. The molecule has 2 unspecified atom stereocenters. The van der Waals surface area contributed by atoms with E-state index >= 15 is 0 Å². The Labute approximate surface area is 192 Å². The van der Waals surface area contributed by atoms with Crippen molar-refractivity contribution in [3.8, 4) is 11.5 Å². The number of aliphatic hydroxyl groups excluding tert-OH is 1. The molecule has 0 radical (unpaired) electrons. The monoisotopic (exact) mass is 465 g/mol. The van der Waals surface area contributed by atoms with Gasteiger partial charge in [-0.1, -0.05) is 12.1 Å². The molecule has 3 aromatic carbocycles. The summed E-state index contributed by atoms with van der Waals surface area (Å²) in [4.78, 5) is 15.6. The maximum atomic E-state index is 13.4. The average Bonchev–Trinajstić information content (AvgIpc) is 3.22. The minimum atomic E-state index is -0.984. The van der Waals surface area contributed by atoms with Crippen molar-refractivity contribution in [1.82, 2.24) is 4.98 Å². The Hall–Kier alpha value is -3.49. The van der Waals surface area contributed by atoms with Crippen molar-refractivity contribution >= 4 is 27.5 Å². The van der Waals surface area contributed by atoms with E-state index in [-0.39, 0.29) is 23.9 Å². The maximum absolute atomic E-state index is 13.4. The minimum Gasteiger partial charge on any atom is -0.493 e. The van der Waals surface area contributed by atoms with Crippen molar-refractivity contribution in [3.05, 3.63) is 88.2 Å². The van der Waals surface area contributed by atoms with Crippen LogP contribution in [-0.2, 0) is 13.0 Å². The van der Waals surface area contributed by atoms with Crippen molar-refractivity contribution in [3.63, 3.8) is 0 Å². The van der Waals surface area contributed by atoms with Gasteiger partial charge in [0.1, 0.15) is 28.9 Å². The lowest BCUT2D eigenvalue weighted by Gasteiger charge is -2.30. The first-order valence-electron chi connectivity index (χ1n) is 10.4. The number of aromatic carboxylic acids is 1. The SMILES string of the molecule is O=C(O)c1cccc(CC2COc3ccc(OCc4nc5cc(F)ccc5s4)cc3C2O)c1. The molecule has 33 heavy (non-hydrogen) atoms. The number of nitrogens with zero attached hydrogens (tertiary/aromatic N) is 1. The third-order valence-corrected chi connectivity index (χ3v) is 6.64. The number of carboxylic acids is 1. The Balaban J connectivity index is 1.30. The number of hydrogen-bond donors (Lipinski definition) is 2. The Bertz CT molecular complexity index is 1340. The van der Waals surface area contributed by atoms with Gasteiger partial charge in [0.05, 0.1) is 28.5 Å². The molecule has 0 amide bonds. The second kappa shape index (κ2) is 8.80. The van der Waals surface area contributed by atoms with E-state index in [1.54, 1.807) is 42.5 Å². The molecular weight excluding hydrogens is 445 g/mol. The molecule has 0 bridgehead atoms. The molecule has 168 valence electrons. The summed E-state index contributed by atoms with van der Waals surface area (Å²) >= 11 is 1.44. The van der Waals surface area contributed by atoms with E-state index in [4.69, 9.17) is 9.47 Å². The number of fused-ring (bicyclic) bond motifs is 2. The zero-order chi connectivity index (χ0) is 22.9. The van der Waals surface area contributed by atoms with Gasteiger partial charge >= 0.3 is 5.97 Å². The summed E-state index contributed by atoms with van der Waals surface area (Å²) in [6, 6.07) is 16.5. The third kappa shape index (κ3) is 4.53. The van der Waals surface area contributed by atoms with E-state index in [2.05, 4.69) is 4.98 Å². The van der Waals surface area contributed by atoms with Gasteiger partial charge in [0.25, 0.3) is 0 Å². The molecule has 1 aromatic heterocycles. The highest BCUT2D eigenvalue weighted by Crippen LogP contribution is 2.39. The van der Waals surface area contributed by atoms with Crippen molar-refractivity contribution < 1.29 is 28.9 Å². The maximum Gasteiger partial charge on any atom is 0.335 e. The lowest BCUT2D eigenvalue weighted by Crippen LogP contribution is -2.27. The number of aliphatic hydroxyl groups is 1. The number of hydrogen-bond acceptors (Lipinski definition) is 6. The zero-order valence-electron chi connectivity index (χ0n) is 17.4. The normalized spacial score (nSPS) is 17.4. The Kier molecular flexibility index (Phi) is 5.70. The molecule has 1 aliphatic heterocycles. The van der Waals surface area contributed by atoms with Crippen LogP contribution in [0.15, 0.2) is 60.7 Å². The molecule has 2 atom stereocenters. The summed E-state index contributed by atoms with van der Waals surface area (Å²) in [6.07, 6.45) is -0.300. The molecule has 1 aliphatic rings. The molecule has 0 saturated carbocycles. The largest absolute Gasteiger partial charge is 0.493 e. The van der Waals surface area contributed by atoms with Crippen LogP contribution in [0.3, 0.4) is 0 Å². The number of halogens is 1. The third-order valence-electron chi connectivity index (χ3n) is 5.63. The highest BCUT2D eigenvalue weighted by Gasteiger charge is 2.30. The van der Waals surface area contributed by atoms with Crippen molar-refractivity contribution in [2.75, 3.05) is 6.61 Å². The molecule has 4 aromatic rings. The first-order valence-corrected chi connectivity index (χ1v) is 11.2. The Morgan fingerprint density at radius 3 is 2.91 bits per heavy atom. The summed E-state index contributed by atoms with van der Waals surface area (Å²) in [7, 11) is 0. The van der Waals surface area contributed by atoms with Crippen LogP contribution in [0.5, 0.6) is 11.5 Å². The average molecular weight is 466 g/mol. The molecule has 5 rings (SSSR count). The zero-order valence-corrected chi connectivity index (χ0v) is 18.2. The van der Waals surface area contributed by atoms with Crippen LogP contribution >= 0.6 is 11.3 Å². The summed E-state index contributed by atoms with van der Waals surface area (Å²) in [5.74, 6) is -0.372. The van der Waals surface area contributed by atoms with E-state index < -0.39 is 12.1 Å². The molecule has 2 N–H and O–H groups in total. The summed E-state index contributed by atoms with van der Waals surface area (Å²) in [5.41, 5.74) is 2.27. The van der Waals surface area contributed by atoms with Gasteiger partial charge in [-0.15, -0.1) is 11.3 Å². The van der Waals surface area contributed by atoms with E-state index in [1.165, 1.54) is 23.5 Å². The number of thiazole rings is 1. The topological polar surface area (TPSA) is 88.9 Å². The smallest absolute Gasteiger partial charge is 0.335 e. The second-order valence-electron chi connectivity index (χ2n) is 7.93. The fourth-order valence-electron chi connectivity index (χ4n) is 3.98. The molecular formula is C25H20FNO5S. The first-order chi connectivity index (χ1) is 16.0. The molecule has 2 heterocycles. The number of aromatic nitrogens is 1. The van der Waals surface area contributed by atoms with Gasteiger partial charge in [0.2, 0.25) is 0 Å². The molecule has 0 spiro atoms. The van der Waals surface area contributed by atoms with Crippen LogP contribution in [0.2, 0.25) is 0 Å². The second-order valence-corrected chi connectivity index (χ2v) is 9.05. The number of carbonyl (C=O) groups is 1. The predicted octanol–water partition coefficient (Wildman–Crippen LogP) is 5.00. The number of ether oxygens (including phenoxy) is 2.